The van der Waals surface area contributed by atoms with Crippen LogP contribution in [0, 0.1) is 11.6 Å². The molecule has 2 atom stereocenters. The zero-order valence-electron chi connectivity index (χ0n) is 20.0. The third-order valence-corrected chi connectivity index (χ3v) is 4.87. The topological polar surface area (TPSA) is 126 Å². The lowest BCUT2D eigenvalue weighted by atomic mass is 9.97. The number of anilines is 1. The Morgan fingerprint density at radius 3 is 2.36 bits per heavy atom. The van der Waals surface area contributed by atoms with Crippen molar-refractivity contribution in [2.45, 2.75) is 26.1 Å². The van der Waals surface area contributed by atoms with Gasteiger partial charge in [-0.05, 0) is 54.8 Å². The van der Waals surface area contributed by atoms with E-state index in [1.54, 1.807) is 44.2 Å². The van der Waals surface area contributed by atoms with Crippen molar-refractivity contribution in [2.75, 3.05) is 25.6 Å². The lowest BCUT2D eigenvalue weighted by Crippen LogP contribution is -2.29. The monoisotopic (exact) mass is 506 g/mol. The van der Waals surface area contributed by atoms with Crippen LogP contribution >= 0.6 is 0 Å². The van der Waals surface area contributed by atoms with E-state index in [1.807, 2.05) is 0 Å². The maximum atomic E-state index is 14.0. The molecule has 9 nitrogen and oxygen atoms in total. The Balaban J connectivity index is 2.37. The summed E-state index contributed by atoms with van der Waals surface area (Å²) in [5, 5.41) is 19.9. The Morgan fingerprint density at radius 2 is 1.78 bits per heavy atom. The Labute approximate surface area is 206 Å². The van der Waals surface area contributed by atoms with Crippen molar-refractivity contribution >= 4 is 17.7 Å². The molecule has 0 aliphatic heterocycles. The molecule has 0 spiro atoms. The minimum atomic E-state index is -1.04. The van der Waals surface area contributed by atoms with E-state index in [1.165, 1.54) is 12.6 Å². The third kappa shape index (κ3) is 8.45. The van der Waals surface area contributed by atoms with E-state index in [4.69, 9.17) is 24.5 Å². The SMILES string of the molecule is CO[C@@H](/C(C)=C/C(C)=C/C(=O)NO)[C@@H](OC(=O)Nc1ccc(F)cc1F)c1ccc(OCCO)cc1. The first-order chi connectivity index (χ1) is 17.2. The minimum Gasteiger partial charge on any atom is -0.491 e. The van der Waals surface area contributed by atoms with Gasteiger partial charge in [0.05, 0.1) is 12.3 Å². The van der Waals surface area contributed by atoms with E-state index in [-0.39, 0.29) is 18.9 Å². The van der Waals surface area contributed by atoms with Crippen LogP contribution in [0.15, 0.2) is 65.8 Å². The van der Waals surface area contributed by atoms with Crippen molar-refractivity contribution in [3.8, 4) is 5.75 Å². The van der Waals surface area contributed by atoms with Gasteiger partial charge in [-0.2, -0.15) is 0 Å². The van der Waals surface area contributed by atoms with Gasteiger partial charge >= 0.3 is 6.09 Å². The number of hydroxylamine groups is 1. The molecule has 0 fully saturated rings. The molecule has 0 aromatic heterocycles. The lowest BCUT2D eigenvalue weighted by Gasteiger charge is -2.27. The molecule has 0 bridgehead atoms. The summed E-state index contributed by atoms with van der Waals surface area (Å²) in [7, 11) is 1.40. The predicted octanol–water partition coefficient (Wildman–Crippen LogP) is 4.04. The summed E-state index contributed by atoms with van der Waals surface area (Å²) in [6.07, 6.45) is -0.146. The smallest absolute Gasteiger partial charge is 0.412 e. The molecule has 0 radical (unpaired) electrons. The highest BCUT2D eigenvalue weighted by atomic mass is 19.1. The van der Waals surface area contributed by atoms with Crippen LogP contribution in [0.4, 0.5) is 19.3 Å². The van der Waals surface area contributed by atoms with E-state index in [9.17, 15) is 18.4 Å². The highest BCUT2D eigenvalue weighted by molar-refractivity contribution is 5.87. The first-order valence-corrected chi connectivity index (χ1v) is 10.8. The number of aliphatic hydroxyl groups is 1. The van der Waals surface area contributed by atoms with Gasteiger partial charge in [0.1, 0.15) is 30.1 Å². The van der Waals surface area contributed by atoms with Crippen LogP contribution in [-0.4, -0.2) is 48.7 Å². The van der Waals surface area contributed by atoms with Crippen molar-refractivity contribution in [3.63, 3.8) is 0 Å². The maximum Gasteiger partial charge on any atom is 0.412 e. The molecule has 2 aromatic carbocycles. The van der Waals surface area contributed by atoms with E-state index < -0.39 is 35.8 Å². The lowest BCUT2D eigenvalue weighted by molar-refractivity contribution is -0.124. The van der Waals surface area contributed by atoms with E-state index in [0.29, 0.717) is 28.5 Å². The third-order valence-electron chi connectivity index (χ3n) is 4.87. The number of ether oxygens (including phenoxy) is 3. The maximum absolute atomic E-state index is 14.0. The van der Waals surface area contributed by atoms with Crippen LogP contribution in [0.3, 0.4) is 0 Å². The summed E-state index contributed by atoms with van der Waals surface area (Å²) in [5.41, 5.74) is 2.76. The minimum absolute atomic E-state index is 0.0977. The molecule has 2 aromatic rings. The number of rotatable bonds is 11. The highest BCUT2D eigenvalue weighted by Crippen LogP contribution is 2.30. The average Bonchev–Trinajstić information content (AvgIpc) is 2.84. The fourth-order valence-electron chi connectivity index (χ4n) is 3.34. The number of amides is 2. The number of allylic oxidation sites excluding steroid dienone is 2. The number of benzene rings is 2. The molecule has 36 heavy (non-hydrogen) atoms. The summed E-state index contributed by atoms with van der Waals surface area (Å²) in [5.74, 6) is -2.03. The van der Waals surface area contributed by atoms with Crippen LogP contribution < -0.4 is 15.5 Å². The Morgan fingerprint density at radius 1 is 1.08 bits per heavy atom. The van der Waals surface area contributed by atoms with Crippen LogP contribution in [0.2, 0.25) is 0 Å². The molecule has 0 saturated heterocycles. The van der Waals surface area contributed by atoms with E-state index in [0.717, 1.165) is 18.2 Å². The largest absolute Gasteiger partial charge is 0.491 e. The standard InChI is InChI=1S/C25H28F2N2O7/c1-15(13-22(31)29-33)12-16(2)23(34-3)24(17-4-7-19(8-5-17)35-11-10-30)36-25(32)28-21-9-6-18(26)14-20(21)27/h4-9,12-14,23-24,30,33H,10-11H2,1-3H3,(H,28,32)(H,29,31)/b15-13+,16-12+/t23-,24-/m0/s1. The number of halogens is 2. The van der Waals surface area contributed by atoms with Gasteiger partial charge in [-0.3, -0.25) is 15.3 Å². The summed E-state index contributed by atoms with van der Waals surface area (Å²) in [4.78, 5) is 24.1. The molecule has 2 amide bonds. The number of methoxy groups -OCH3 is 1. The Bertz CT molecular complexity index is 1100. The number of hydrogen-bond acceptors (Lipinski definition) is 7. The molecular formula is C25H28F2N2O7. The van der Waals surface area contributed by atoms with Crippen molar-refractivity contribution in [1.82, 2.24) is 5.48 Å². The zero-order chi connectivity index (χ0) is 26.7. The summed E-state index contributed by atoms with van der Waals surface area (Å²) >= 11 is 0. The van der Waals surface area contributed by atoms with E-state index in [2.05, 4.69) is 5.32 Å². The normalized spacial score (nSPS) is 13.5. The average molecular weight is 507 g/mol. The Hall–Kier alpha value is -3.80. The molecule has 0 aliphatic rings. The van der Waals surface area contributed by atoms with Gasteiger partial charge in [0.25, 0.3) is 5.91 Å². The van der Waals surface area contributed by atoms with Crippen LogP contribution in [-0.2, 0) is 14.3 Å². The zero-order valence-corrected chi connectivity index (χ0v) is 20.0. The van der Waals surface area contributed by atoms with Gasteiger partial charge in [-0.25, -0.2) is 19.1 Å². The van der Waals surface area contributed by atoms with Crippen LogP contribution in [0.25, 0.3) is 0 Å². The van der Waals surface area contributed by atoms with Gasteiger partial charge in [0, 0.05) is 19.3 Å². The van der Waals surface area contributed by atoms with Crippen LogP contribution in [0.1, 0.15) is 25.5 Å². The molecule has 194 valence electrons. The number of carbonyl (C=O) groups excluding carboxylic acids is 2. The van der Waals surface area contributed by atoms with Crippen molar-refractivity contribution in [1.29, 1.82) is 0 Å². The number of carbonyl (C=O) groups is 2. The number of hydrogen-bond donors (Lipinski definition) is 4. The van der Waals surface area contributed by atoms with Gasteiger partial charge < -0.3 is 19.3 Å². The highest BCUT2D eigenvalue weighted by Gasteiger charge is 2.29. The first-order valence-electron chi connectivity index (χ1n) is 10.8. The first kappa shape index (κ1) is 28.4. The van der Waals surface area contributed by atoms with Gasteiger partial charge in [-0.15, -0.1) is 0 Å². The summed E-state index contributed by atoms with van der Waals surface area (Å²) in [6, 6.07) is 9.16. The number of nitrogens with one attached hydrogen (secondary N) is 2. The van der Waals surface area contributed by atoms with Crippen molar-refractivity contribution in [2.24, 2.45) is 0 Å². The second-order valence-electron chi connectivity index (χ2n) is 7.63. The van der Waals surface area contributed by atoms with Crippen molar-refractivity contribution < 1.29 is 42.9 Å². The molecule has 0 aliphatic carbocycles. The summed E-state index contributed by atoms with van der Waals surface area (Å²) < 4.78 is 43.8. The molecule has 11 heteroatoms. The molecule has 0 saturated carbocycles. The van der Waals surface area contributed by atoms with Gasteiger partial charge in [0.2, 0.25) is 0 Å². The van der Waals surface area contributed by atoms with E-state index >= 15 is 0 Å². The molecule has 2 rings (SSSR count). The second kappa shape index (κ2) is 13.9. The van der Waals surface area contributed by atoms with Crippen LogP contribution in [0.5, 0.6) is 5.75 Å². The Kier molecular flexibility index (Phi) is 11.0. The predicted molar refractivity (Wildman–Crippen MR) is 126 cm³/mol. The summed E-state index contributed by atoms with van der Waals surface area (Å²) in [6.45, 7) is 3.25. The molecule has 4 N–H and O–H groups in total. The van der Waals surface area contributed by atoms with Gasteiger partial charge in [0.15, 0.2) is 6.10 Å². The second-order valence-corrected chi connectivity index (χ2v) is 7.63. The fourth-order valence-corrected chi connectivity index (χ4v) is 3.34. The molecule has 0 heterocycles. The molecule has 0 unspecified atom stereocenters. The number of aliphatic hydroxyl groups excluding tert-OH is 1. The molecular weight excluding hydrogens is 478 g/mol. The fraction of sp³-hybridized carbons (Fsp3) is 0.280. The quantitative estimate of drug-likeness (QED) is 0.157. The van der Waals surface area contributed by atoms with Crippen molar-refractivity contribution in [3.05, 3.63) is 83.0 Å². The van der Waals surface area contributed by atoms with Gasteiger partial charge in [-0.1, -0.05) is 18.2 Å².